The van der Waals surface area contributed by atoms with Crippen molar-refractivity contribution in [3.05, 3.63) is 123 Å². The number of ether oxygens (including phenoxy) is 1. The Morgan fingerprint density at radius 2 is 1.46 bits per heavy atom. The zero-order chi connectivity index (χ0) is 24.7. The monoisotopic (exact) mass is 479 g/mol. The van der Waals surface area contributed by atoms with Gasteiger partial charge in [0.1, 0.15) is 0 Å². The molecule has 0 amide bonds. The minimum atomic E-state index is 0.819. The smallest absolute Gasteiger partial charge is 0.0919 e. The molecule has 0 saturated carbocycles. The van der Waals surface area contributed by atoms with Gasteiger partial charge in [-0.25, -0.2) is 4.98 Å². The molecule has 5 N–H and O–H groups in total. The van der Waals surface area contributed by atoms with Crippen molar-refractivity contribution in [1.82, 2.24) is 35.8 Å². The lowest BCUT2D eigenvalue weighted by Crippen LogP contribution is -2.04. The average Bonchev–Trinajstić information content (AvgIpc) is 3.81. The predicted molar refractivity (Wildman–Crippen MR) is 140 cm³/mol. The van der Waals surface area contributed by atoms with Crippen molar-refractivity contribution in [2.75, 3.05) is 32.8 Å². The van der Waals surface area contributed by atoms with Gasteiger partial charge in [-0.05, 0) is 43.0 Å². The molecule has 7 rings (SSSR count). The van der Waals surface area contributed by atoms with Crippen LogP contribution < -0.4 is 10.6 Å². The van der Waals surface area contributed by atoms with Gasteiger partial charge in [0, 0.05) is 56.8 Å². The van der Waals surface area contributed by atoms with Crippen LogP contribution >= 0.6 is 0 Å². The molecule has 0 fully saturated rings. The molecule has 4 aromatic rings. The van der Waals surface area contributed by atoms with Gasteiger partial charge in [-0.15, -0.1) is 0 Å². The maximum absolute atomic E-state index is 4.83. The maximum Gasteiger partial charge on any atom is 0.0919 e. The van der Waals surface area contributed by atoms with Crippen LogP contribution in [0.2, 0.25) is 0 Å². The van der Waals surface area contributed by atoms with Crippen LogP contribution in [0.15, 0.2) is 127 Å². The summed E-state index contributed by atoms with van der Waals surface area (Å²) in [6, 6.07) is 9.39. The van der Waals surface area contributed by atoms with Crippen molar-refractivity contribution in [1.29, 1.82) is 0 Å². The van der Waals surface area contributed by atoms with Crippen molar-refractivity contribution in [3.8, 4) is 0 Å². The van der Waals surface area contributed by atoms with Crippen LogP contribution in [0, 0.1) is 0 Å². The number of aromatic nitrogens is 5. The van der Waals surface area contributed by atoms with Crippen molar-refractivity contribution in [2.45, 2.75) is 6.42 Å². The Hall–Kier alpha value is -4.08. The molecule has 35 heavy (non-hydrogen) atoms. The molecule has 0 aromatic carbocycles. The van der Waals surface area contributed by atoms with Crippen LogP contribution in [-0.2, 0) is 4.74 Å². The van der Waals surface area contributed by atoms with Gasteiger partial charge in [-0.1, -0.05) is 30.4 Å². The summed E-state index contributed by atoms with van der Waals surface area (Å²) in [4.78, 5) is 9.28. The molecule has 7 heterocycles. The molecule has 188 valence electrons. The topological polar surface area (TPSA) is 120 Å². The summed E-state index contributed by atoms with van der Waals surface area (Å²) >= 11 is 0. The van der Waals surface area contributed by atoms with Crippen molar-refractivity contribution in [3.63, 3.8) is 0 Å². The third-order valence-electron chi connectivity index (χ3n) is 3.71. The second kappa shape index (κ2) is 26.2. The summed E-state index contributed by atoms with van der Waals surface area (Å²) in [7, 11) is 0. The fourth-order valence-electron chi connectivity index (χ4n) is 2.11. The zero-order valence-electron chi connectivity index (χ0n) is 20.0. The van der Waals surface area contributed by atoms with E-state index in [1.165, 1.54) is 6.42 Å². The van der Waals surface area contributed by atoms with Gasteiger partial charge in [-0.2, -0.15) is 5.10 Å². The quantitative estimate of drug-likeness (QED) is 0.240. The molecule has 0 radical (unpaired) electrons. The lowest BCUT2D eigenvalue weighted by molar-refractivity contribution is 0.213. The number of H-pyrrole nitrogens is 3. The van der Waals surface area contributed by atoms with Gasteiger partial charge in [0.15, 0.2) is 0 Å². The first-order valence-corrected chi connectivity index (χ1v) is 11.4. The Morgan fingerprint density at radius 1 is 0.686 bits per heavy atom. The van der Waals surface area contributed by atoms with E-state index in [4.69, 9.17) is 4.74 Å². The molecule has 0 spiro atoms. The summed E-state index contributed by atoms with van der Waals surface area (Å²) in [5.41, 5.74) is 0. The van der Waals surface area contributed by atoms with Crippen molar-refractivity contribution >= 4 is 0 Å². The number of hydrogen-bond acceptors (Lipinski definition) is 6. The van der Waals surface area contributed by atoms with Crippen LogP contribution in [0.25, 0.3) is 0 Å². The number of hydrogen-bond donors (Lipinski definition) is 5. The first-order valence-electron chi connectivity index (χ1n) is 11.4. The van der Waals surface area contributed by atoms with Gasteiger partial charge in [0.25, 0.3) is 0 Å². The minimum absolute atomic E-state index is 0.819. The van der Waals surface area contributed by atoms with E-state index in [1.54, 1.807) is 43.6 Å². The Bertz CT molecular complexity index is 656. The molecule has 0 atom stereocenters. The van der Waals surface area contributed by atoms with Crippen LogP contribution in [-0.4, -0.2) is 58.0 Å². The Balaban J connectivity index is 0.000000204. The summed E-state index contributed by atoms with van der Waals surface area (Å²) in [6.07, 6.45) is 29.1. The number of aromatic amines is 3. The predicted octanol–water partition coefficient (Wildman–Crippen LogP) is 4.33. The van der Waals surface area contributed by atoms with Gasteiger partial charge in [-0.3, -0.25) is 5.10 Å². The van der Waals surface area contributed by atoms with Crippen LogP contribution in [0.3, 0.4) is 0 Å². The van der Waals surface area contributed by atoms with Crippen molar-refractivity contribution < 1.29 is 9.15 Å². The highest BCUT2D eigenvalue weighted by molar-refractivity contribution is 4.92. The average molecular weight is 480 g/mol. The Kier molecular flexibility index (Phi) is 21.7. The van der Waals surface area contributed by atoms with Gasteiger partial charge in [0.05, 0.1) is 32.1 Å². The van der Waals surface area contributed by atoms with Crippen LogP contribution in [0.1, 0.15) is 6.42 Å². The van der Waals surface area contributed by atoms with E-state index in [0.29, 0.717) is 0 Å². The third-order valence-corrected chi connectivity index (χ3v) is 3.71. The van der Waals surface area contributed by atoms with Gasteiger partial charge >= 0.3 is 0 Å². The maximum atomic E-state index is 4.83. The number of furan rings is 1. The first-order chi connectivity index (χ1) is 17.5. The highest BCUT2D eigenvalue weighted by atomic mass is 16.5. The van der Waals surface area contributed by atoms with Crippen LogP contribution in [0.5, 0.6) is 0 Å². The first kappa shape index (κ1) is 29.0. The molecule has 3 aliphatic rings. The second-order valence-electron chi connectivity index (χ2n) is 6.49. The van der Waals surface area contributed by atoms with Crippen molar-refractivity contribution in [2.24, 2.45) is 0 Å². The lowest BCUT2D eigenvalue weighted by Gasteiger charge is -1.78. The van der Waals surface area contributed by atoms with E-state index in [2.05, 4.69) is 58.4 Å². The molecule has 0 bridgehead atoms. The SMILES string of the molecule is C1=CCNC1.C1=CCOC1.C1=CNCC1.c1c[nH]cn1.c1cc[nH]c1.c1ccoc1.c1cn[nH]c1. The van der Waals surface area contributed by atoms with E-state index in [1.807, 2.05) is 61.1 Å². The lowest BCUT2D eigenvalue weighted by atomic mass is 10.5. The van der Waals surface area contributed by atoms with E-state index in [0.717, 1.165) is 32.8 Å². The van der Waals surface area contributed by atoms with E-state index >= 15 is 0 Å². The van der Waals surface area contributed by atoms with E-state index in [9.17, 15) is 0 Å². The number of nitrogens with one attached hydrogen (secondary N) is 5. The normalized spacial score (nSPS) is 13.3. The Morgan fingerprint density at radius 3 is 1.66 bits per heavy atom. The van der Waals surface area contributed by atoms with E-state index < -0.39 is 0 Å². The molecule has 0 saturated heterocycles. The third kappa shape index (κ3) is 24.4. The van der Waals surface area contributed by atoms with Gasteiger partial charge < -0.3 is 29.8 Å². The molecule has 3 aliphatic heterocycles. The fourth-order valence-corrected chi connectivity index (χ4v) is 2.11. The summed E-state index contributed by atoms with van der Waals surface area (Å²) in [6.45, 7) is 4.92. The van der Waals surface area contributed by atoms with E-state index in [-0.39, 0.29) is 0 Å². The largest absolute Gasteiger partial charge is 0.473 e. The fraction of sp³-hybridized carbons (Fsp3) is 0.231. The zero-order valence-corrected chi connectivity index (χ0v) is 20.0. The second-order valence-corrected chi connectivity index (χ2v) is 6.49. The number of rotatable bonds is 0. The molecule has 4 aromatic heterocycles. The van der Waals surface area contributed by atoms with Crippen LogP contribution in [0.4, 0.5) is 0 Å². The number of nitrogens with zero attached hydrogens (tertiary/aromatic N) is 2. The molecule has 9 heteroatoms. The Labute approximate surface area is 207 Å². The molecular weight excluding hydrogens is 442 g/mol. The highest BCUT2D eigenvalue weighted by Crippen LogP contribution is 1.86. The molecule has 0 aliphatic carbocycles. The summed E-state index contributed by atoms with van der Waals surface area (Å²) in [5.74, 6) is 0. The standard InChI is InChI=1S/2C4H7N.C4H5N.C4H6O.C4H4O.2C3H4N2/c5*1-2-4-5-3-1;1-2-5-3-4-1;1-2-4-5-3-1/h1,3,5H,2,4H2;1-2,5H,3-4H2;1-5H;1-2H,3-4H2;1-4H;2*1-3H,(H,4,5). The summed E-state index contributed by atoms with van der Waals surface area (Å²) in [5, 5.41) is 12.4. The summed E-state index contributed by atoms with van der Waals surface area (Å²) < 4.78 is 9.42. The molecular formula is C26H37N7O2. The highest BCUT2D eigenvalue weighted by Gasteiger charge is 1.83. The molecule has 0 unspecified atom stereocenters. The number of imidazole rings is 1. The van der Waals surface area contributed by atoms with Gasteiger partial charge in [0.2, 0.25) is 0 Å². The minimum Gasteiger partial charge on any atom is -0.473 e. The molecule has 9 nitrogen and oxygen atoms in total.